The Bertz CT molecular complexity index is 330. The van der Waals surface area contributed by atoms with Crippen LogP contribution in [0.1, 0.15) is 30.9 Å². The van der Waals surface area contributed by atoms with Gasteiger partial charge in [0.1, 0.15) is 6.04 Å². The maximum absolute atomic E-state index is 12.1. The molecule has 0 aliphatic rings. The number of hydrogen-bond donors (Lipinski definition) is 1. The topological polar surface area (TPSA) is 26.0 Å². The van der Waals surface area contributed by atoms with Crippen molar-refractivity contribution in [2.45, 2.75) is 44.8 Å². The van der Waals surface area contributed by atoms with E-state index in [9.17, 15) is 13.2 Å². The molecule has 1 aromatic carbocycles. The number of aryl methyl sites for hydroxylation is 2. The van der Waals surface area contributed by atoms with Gasteiger partial charge in [-0.25, -0.2) is 0 Å². The van der Waals surface area contributed by atoms with Gasteiger partial charge in [-0.3, -0.25) is 0 Å². The van der Waals surface area contributed by atoms with Gasteiger partial charge >= 0.3 is 6.18 Å². The van der Waals surface area contributed by atoms with Crippen LogP contribution in [0.2, 0.25) is 0 Å². The molecule has 0 spiro atoms. The average Bonchev–Trinajstić information content (AvgIpc) is 2.28. The Balaban J connectivity index is 2.35. The van der Waals surface area contributed by atoms with Crippen molar-refractivity contribution in [2.24, 2.45) is 5.73 Å². The lowest BCUT2D eigenvalue weighted by molar-refractivity contribution is -0.149. The molecular weight excluding hydrogens is 227 g/mol. The van der Waals surface area contributed by atoms with E-state index in [-0.39, 0.29) is 6.42 Å². The van der Waals surface area contributed by atoms with Crippen LogP contribution < -0.4 is 5.73 Å². The summed E-state index contributed by atoms with van der Waals surface area (Å²) in [5.74, 6) is 0. The second kappa shape index (κ2) is 6.05. The molecular formula is C13H18F3N. The van der Waals surface area contributed by atoms with Gasteiger partial charge in [0.05, 0.1) is 0 Å². The Morgan fingerprint density at radius 2 is 1.65 bits per heavy atom. The van der Waals surface area contributed by atoms with E-state index in [0.717, 1.165) is 12.0 Å². The molecule has 0 radical (unpaired) electrons. The highest BCUT2D eigenvalue weighted by Crippen LogP contribution is 2.22. The highest BCUT2D eigenvalue weighted by atomic mass is 19.4. The number of rotatable bonds is 5. The van der Waals surface area contributed by atoms with E-state index in [2.05, 4.69) is 6.92 Å². The fourth-order valence-corrected chi connectivity index (χ4v) is 1.63. The van der Waals surface area contributed by atoms with Crippen LogP contribution in [0.3, 0.4) is 0 Å². The molecule has 0 saturated heterocycles. The van der Waals surface area contributed by atoms with E-state index >= 15 is 0 Å². The minimum Gasteiger partial charge on any atom is -0.320 e. The Kier molecular flexibility index (Phi) is 5.00. The summed E-state index contributed by atoms with van der Waals surface area (Å²) >= 11 is 0. The molecule has 2 N–H and O–H groups in total. The van der Waals surface area contributed by atoms with E-state index in [4.69, 9.17) is 5.73 Å². The molecule has 0 unspecified atom stereocenters. The molecule has 0 heterocycles. The van der Waals surface area contributed by atoms with Gasteiger partial charge in [-0.1, -0.05) is 31.2 Å². The minimum atomic E-state index is -4.27. The van der Waals surface area contributed by atoms with Crippen molar-refractivity contribution in [3.8, 4) is 0 Å². The van der Waals surface area contributed by atoms with Gasteiger partial charge in [0, 0.05) is 0 Å². The van der Waals surface area contributed by atoms with Crippen molar-refractivity contribution in [1.29, 1.82) is 0 Å². The molecule has 1 rings (SSSR count). The Hall–Kier alpha value is -1.03. The van der Waals surface area contributed by atoms with Crippen molar-refractivity contribution < 1.29 is 13.2 Å². The van der Waals surface area contributed by atoms with Crippen molar-refractivity contribution in [2.75, 3.05) is 0 Å². The summed E-state index contributed by atoms with van der Waals surface area (Å²) in [6, 6.07) is 6.27. The number of hydrogen-bond acceptors (Lipinski definition) is 1. The smallest absolute Gasteiger partial charge is 0.320 e. The third-order valence-electron chi connectivity index (χ3n) is 2.83. The summed E-state index contributed by atoms with van der Waals surface area (Å²) in [6.45, 7) is 2.07. The zero-order valence-corrected chi connectivity index (χ0v) is 9.93. The van der Waals surface area contributed by atoms with Crippen molar-refractivity contribution in [1.82, 2.24) is 0 Å². The van der Waals surface area contributed by atoms with Crippen LogP contribution in [0.5, 0.6) is 0 Å². The number of benzene rings is 1. The summed E-state index contributed by atoms with van der Waals surface area (Å²) in [5, 5.41) is 0. The number of alkyl halides is 3. The maximum Gasteiger partial charge on any atom is 0.403 e. The molecule has 0 aromatic heterocycles. The molecule has 17 heavy (non-hydrogen) atoms. The Morgan fingerprint density at radius 3 is 2.12 bits per heavy atom. The highest BCUT2D eigenvalue weighted by molar-refractivity contribution is 5.22. The van der Waals surface area contributed by atoms with E-state index < -0.39 is 12.2 Å². The van der Waals surface area contributed by atoms with Crippen molar-refractivity contribution >= 4 is 0 Å². The van der Waals surface area contributed by atoms with Crippen LogP contribution in [0.4, 0.5) is 13.2 Å². The largest absolute Gasteiger partial charge is 0.403 e. The van der Waals surface area contributed by atoms with Gasteiger partial charge in [-0.15, -0.1) is 0 Å². The molecule has 4 heteroatoms. The van der Waals surface area contributed by atoms with Gasteiger partial charge in [0.2, 0.25) is 0 Å². The van der Waals surface area contributed by atoms with E-state index in [1.54, 1.807) is 0 Å². The molecule has 1 atom stereocenters. The molecule has 0 aliphatic heterocycles. The second-order valence-corrected chi connectivity index (χ2v) is 4.21. The average molecular weight is 245 g/mol. The van der Waals surface area contributed by atoms with Gasteiger partial charge < -0.3 is 5.73 Å². The SMILES string of the molecule is CCc1ccc(CCC[C@H](N)C(F)(F)F)cc1. The zero-order chi connectivity index (χ0) is 12.9. The predicted octanol–water partition coefficient (Wildman–Crippen LogP) is 3.46. The monoisotopic (exact) mass is 245 g/mol. The molecule has 0 fully saturated rings. The molecule has 1 aromatic rings. The third kappa shape index (κ3) is 4.77. The summed E-state index contributed by atoms with van der Waals surface area (Å²) < 4.78 is 36.4. The second-order valence-electron chi connectivity index (χ2n) is 4.21. The van der Waals surface area contributed by atoms with Crippen LogP contribution in [0, 0.1) is 0 Å². The van der Waals surface area contributed by atoms with E-state index in [1.807, 2.05) is 24.3 Å². The van der Waals surface area contributed by atoms with E-state index in [1.165, 1.54) is 5.56 Å². The molecule has 0 bridgehead atoms. The summed E-state index contributed by atoms with van der Waals surface area (Å²) in [4.78, 5) is 0. The first kappa shape index (κ1) is 14.0. The Labute approximate surface area is 99.8 Å². The molecule has 0 saturated carbocycles. The number of nitrogens with two attached hydrogens (primary N) is 1. The Morgan fingerprint density at radius 1 is 1.12 bits per heavy atom. The third-order valence-corrected chi connectivity index (χ3v) is 2.83. The highest BCUT2D eigenvalue weighted by Gasteiger charge is 2.35. The van der Waals surface area contributed by atoms with Crippen LogP contribution in [-0.4, -0.2) is 12.2 Å². The fourth-order valence-electron chi connectivity index (χ4n) is 1.63. The quantitative estimate of drug-likeness (QED) is 0.844. The number of halogens is 3. The predicted molar refractivity (Wildman–Crippen MR) is 62.8 cm³/mol. The van der Waals surface area contributed by atoms with Crippen molar-refractivity contribution in [3.63, 3.8) is 0 Å². The normalized spacial score (nSPS) is 13.7. The lowest BCUT2D eigenvalue weighted by Crippen LogP contribution is -2.37. The molecule has 0 amide bonds. The maximum atomic E-state index is 12.1. The fraction of sp³-hybridized carbons (Fsp3) is 0.538. The zero-order valence-electron chi connectivity index (χ0n) is 9.93. The van der Waals surface area contributed by atoms with Gasteiger partial charge in [-0.05, 0) is 36.8 Å². The summed E-state index contributed by atoms with van der Waals surface area (Å²) in [6.07, 6.45) is -2.20. The first-order chi connectivity index (χ1) is 7.93. The van der Waals surface area contributed by atoms with Crippen LogP contribution in [-0.2, 0) is 12.8 Å². The lowest BCUT2D eigenvalue weighted by Gasteiger charge is -2.15. The van der Waals surface area contributed by atoms with Gasteiger partial charge in [0.25, 0.3) is 0 Å². The standard InChI is InChI=1S/C13H18F3N/c1-2-10-6-8-11(9-7-10)4-3-5-12(17)13(14,15)16/h6-9,12H,2-5,17H2,1H3/t12-/m0/s1. The first-order valence-electron chi connectivity index (χ1n) is 5.83. The van der Waals surface area contributed by atoms with Crippen LogP contribution >= 0.6 is 0 Å². The van der Waals surface area contributed by atoms with Crippen molar-refractivity contribution in [3.05, 3.63) is 35.4 Å². The van der Waals surface area contributed by atoms with Crippen LogP contribution in [0.25, 0.3) is 0 Å². The summed E-state index contributed by atoms with van der Waals surface area (Å²) in [5.41, 5.74) is 7.34. The lowest BCUT2D eigenvalue weighted by atomic mass is 10.0. The molecule has 96 valence electrons. The summed E-state index contributed by atoms with van der Waals surface area (Å²) in [7, 11) is 0. The van der Waals surface area contributed by atoms with E-state index in [0.29, 0.717) is 12.8 Å². The van der Waals surface area contributed by atoms with Crippen LogP contribution in [0.15, 0.2) is 24.3 Å². The first-order valence-corrected chi connectivity index (χ1v) is 5.83. The van der Waals surface area contributed by atoms with Gasteiger partial charge in [0.15, 0.2) is 0 Å². The molecule has 1 nitrogen and oxygen atoms in total. The minimum absolute atomic E-state index is 0.0149. The molecule has 0 aliphatic carbocycles. The van der Waals surface area contributed by atoms with Gasteiger partial charge in [-0.2, -0.15) is 13.2 Å².